The monoisotopic (exact) mass is 411 g/mol. The molecular weight excluding hydrogens is 390 g/mol. The van der Waals surface area contributed by atoms with Crippen LogP contribution in [0, 0.1) is 0 Å². The first-order chi connectivity index (χ1) is 14.4. The van der Waals surface area contributed by atoms with Crippen molar-refractivity contribution < 1.29 is 19.1 Å². The molecular formula is C20H21N5O5. The minimum atomic E-state index is -0.647. The number of aromatic nitrogens is 4. The highest BCUT2D eigenvalue weighted by Crippen LogP contribution is 2.17. The highest BCUT2D eigenvalue weighted by Gasteiger charge is 2.21. The summed E-state index contributed by atoms with van der Waals surface area (Å²) < 4.78 is 11.4. The number of aromatic amines is 1. The number of hydrogen-bond acceptors (Lipinski definition) is 7. The molecule has 1 aromatic carbocycles. The molecule has 0 aliphatic carbocycles. The first-order valence-electron chi connectivity index (χ1n) is 9.15. The number of hydrogen-bond donors (Lipinski definition) is 2. The van der Waals surface area contributed by atoms with Crippen LogP contribution in [0.2, 0.25) is 0 Å². The maximum absolute atomic E-state index is 12.7. The van der Waals surface area contributed by atoms with E-state index in [2.05, 4.69) is 20.4 Å². The normalized spacial score (nSPS) is 10.5. The van der Waals surface area contributed by atoms with E-state index in [1.165, 1.54) is 10.9 Å². The van der Waals surface area contributed by atoms with Crippen molar-refractivity contribution in [2.24, 2.45) is 7.05 Å². The van der Waals surface area contributed by atoms with Crippen molar-refractivity contribution in [1.82, 2.24) is 19.7 Å². The van der Waals surface area contributed by atoms with Gasteiger partial charge in [-0.3, -0.25) is 14.3 Å². The number of esters is 1. The number of carbonyl (C=O) groups excluding carboxylic acids is 2. The molecule has 0 radical (unpaired) electrons. The number of ether oxygens (including phenoxy) is 2. The van der Waals surface area contributed by atoms with Crippen molar-refractivity contribution in [2.75, 3.05) is 19.0 Å². The first kappa shape index (κ1) is 20.8. The maximum Gasteiger partial charge on any atom is 0.343 e. The molecule has 156 valence electrons. The van der Waals surface area contributed by atoms with Crippen LogP contribution < -0.4 is 15.6 Å². The Kier molecular flexibility index (Phi) is 6.26. The molecule has 2 N–H and O–H groups in total. The van der Waals surface area contributed by atoms with Gasteiger partial charge in [0.2, 0.25) is 0 Å². The maximum atomic E-state index is 12.7. The van der Waals surface area contributed by atoms with Crippen LogP contribution in [0.4, 0.5) is 5.82 Å². The quantitative estimate of drug-likeness (QED) is 0.564. The van der Waals surface area contributed by atoms with Gasteiger partial charge < -0.3 is 19.8 Å². The number of aryl methyl sites for hydroxylation is 1. The van der Waals surface area contributed by atoms with Crippen molar-refractivity contribution in [3.8, 4) is 5.75 Å². The number of nitrogens with one attached hydrogen (secondary N) is 2. The fraction of sp³-hybridized carbons (Fsp3) is 0.250. The Balaban J connectivity index is 1.82. The third-order valence-electron chi connectivity index (χ3n) is 4.22. The number of carbonyl (C=O) groups is 2. The topological polar surface area (TPSA) is 128 Å². The molecule has 0 bridgehead atoms. The largest absolute Gasteiger partial charge is 0.497 e. The van der Waals surface area contributed by atoms with Crippen LogP contribution in [0.5, 0.6) is 5.75 Å². The third kappa shape index (κ3) is 4.72. The van der Waals surface area contributed by atoms with Gasteiger partial charge in [-0.2, -0.15) is 5.10 Å². The number of rotatable bonds is 7. The summed E-state index contributed by atoms with van der Waals surface area (Å²) >= 11 is 0. The summed E-state index contributed by atoms with van der Waals surface area (Å²) in [5.74, 6) is -0.0706. The molecule has 0 spiro atoms. The van der Waals surface area contributed by atoms with E-state index in [0.717, 1.165) is 11.6 Å². The number of methoxy groups -OCH3 is 1. The fourth-order valence-corrected chi connectivity index (χ4v) is 2.76. The van der Waals surface area contributed by atoms with Crippen molar-refractivity contribution in [3.63, 3.8) is 0 Å². The Bertz CT molecular complexity index is 1120. The van der Waals surface area contributed by atoms with Crippen LogP contribution in [0.25, 0.3) is 0 Å². The molecule has 3 aromatic rings. The summed E-state index contributed by atoms with van der Waals surface area (Å²) in [6.07, 6.45) is 1.62. The van der Waals surface area contributed by atoms with Gasteiger partial charge >= 0.3 is 5.97 Å². The number of amides is 1. The van der Waals surface area contributed by atoms with Crippen LogP contribution in [0.3, 0.4) is 0 Å². The highest BCUT2D eigenvalue weighted by molar-refractivity contribution is 6.06. The molecule has 0 unspecified atom stereocenters. The Morgan fingerprint density at radius 1 is 1.23 bits per heavy atom. The molecule has 0 aliphatic heterocycles. The average Bonchev–Trinajstić information content (AvgIpc) is 3.08. The van der Waals surface area contributed by atoms with Crippen LogP contribution in [0.1, 0.15) is 39.2 Å². The Labute approximate surface area is 171 Å². The third-order valence-corrected chi connectivity index (χ3v) is 4.22. The summed E-state index contributed by atoms with van der Waals surface area (Å²) in [5, 5.41) is 6.55. The van der Waals surface area contributed by atoms with Crippen LogP contribution >= 0.6 is 0 Å². The smallest absolute Gasteiger partial charge is 0.343 e. The fourth-order valence-electron chi connectivity index (χ4n) is 2.76. The molecule has 2 heterocycles. The molecule has 0 saturated heterocycles. The second-order valence-corrected chi connectivity index (χ2v) is 6.31. The van der Waals surface area contributed by atoms with Gasteiger partial charge in [-0.05, 0) is 24.6 Å². The lowest BCUT2D eigenvalue weighted by Gasteiger charge is -2.09. The number of nitrogens with zero attached hydrogens (tertiary/aromatic N) is 3. The standard InChI is InChI=1S/C20H21N5O5/c1-4-30-20(28)14-11-21-25(2)18(14)24-19(27)15-10-17(26)23-16(22-15)9-12-5-7-13(29-3)8-6-12/h5-8,10-11H,4,9H2,1-3H3,(H,24,27)(H,22,23,26). The van der Waals surface area contributed by atoms with Gasteiger partial charge in [-0.1, -0.05) is 12.1 Å². The zero-order valence-corrected chi connectivity index (χ0v) is 16.8. The van der Waals surface area contributed by atoms with E-state index in [1.807, 2.05) is 12.1 Å². The minimum absolute atomic E-state index is 0.0849. The molecule has 0 aliphatic rings. The van der Waals surface area contributed by atoms with E-state index in [1.54, 1.807) is 33.2 Å². The lowest BCUT2D eigenvalue weighted by Crippen LogP contribution is -2.22. The number of anilines is 1. The molecule has 10 nitrogen and oxygen atoms in total. The lowest BCUT2D eigenvalue weighted by molar-refractivity contribution is 0.0527. The average molecular weight is 411 g/mol. The summed E-state index contributed by atoms with van der Waals surface area (Å²) in [4.78, 5) is 43.7. The molecule has 0 saturated carbocycles. The van der Waals surface area contributed by atoms with Crippen molar-refractivity contribution >= 4 is 17.7 Å². The molecule has 0 atom stereocenters. The summed E-state index contributed by atoms with van der Waals surface area (Å²) in [6.45, 7) is 1.86. The predicted molar refractivity (Wildman–Crippen MR) is 108 cm³/mol. The Morgan fingerprint density at radius 3 is 2.63 bits per heavy atom. The van der Waals surface area contributed by atoms with Gasteiger partial charge in [0, 0.05) is 19.5 Å². The van der Waals surface area contributed by atoms with E-state index < -0.39 is 17.4 Å². The van der Waals surface area contributed by atoms with E-state index in [9.17, 15) is 14.4 Å². The minimum Gasteiger partial charge on any atom is -0.497 e. The summed E-state index contributed by atoms with van der Waals surface area (Å²) in [7, 11) is 3.14. The van der Waals surface area contributed by atoms with E-state index in [0.29, 0.717) is 18.0 Å². The predicted octanol–water partition coefficient (Wildman–Crippen LogP) is 1.53. The molecule has 30 heavy (non-hydrogen) atoms. The van der Waals surface area contributed by atoms with E-state index in [-0.39, 0.29) is 23.7 Å². The molecule has 0 fully saturated rings. The second-order valence-electron chi connectivity index (χ2n) is 6.31. The zero-order valence-electron chi connectivity index (χ0n) is 16.8. The van der Waals surface area contributed by atoms with Crippen molar-refractivity contribution in [3.05, 3.63) is 69.5 Å². The van der Waals surface area contributed by atoms with Gasteiger partial charge in [0.25, 0.3) is 11.5 Å². The van der Waals surface area contributed by atoms with Crippen LogP contribution in [-0.4, -0.2) is 45.3 Å². The Hall–Kier alpha value is -3.95. The van der Waals surface area contributed by atoms with Gasteiger partial charge in [0.15, 0.2) is 0 Å². The molecule has 1 amide bonds. The van der Waals surface area contributed by atoms with Gasteiger partial charge in [-0.15, -0.1) is 0 Å². The first-order valence-corrected chi connectivity index (χ1v) is 9.15. The van der Waals surface area contributed by atoms with Gasteiger partial charge in [-0.25, -0.2) is 9.78 Å². The summed E-state index contributed by atoms with van der Waals surface area (Å²) in [6, 6.07) is 8.36. The lowest BCUT2D eigenvalue weighted by atomic mass is 10.1. The SMILES string of the molecule is CCOC(=O)c1cnn(C)c1NC(=O)c1cc(=O)[nH]c(Cc2ccc(OC)cc2)n1. The molecule has 3 rings (SSSR count). The number of benzene rings is 1. The van der Waals surface area contributed by atoms with Gasteiger partial charge in [0.1, 0.15) is 28.6 Å². The van der Waals surface area contributed by atoms with Crippen LogP contribution in [0.15, 0.2) is 41.3 Å². The van der Waals surface area contributed by atoms with E-state index in [4.69, 9.17) is 9.47 Å². The highest BCUT2D eigenvalue weighted by atomic mass is 16.5. The van der Waals surface area contributed by atoms with Crippen LogP contribution in [-0.2, 0) is 18.2 Å². The van der Waals surface area contributed by atoms with E-state index >= 15 is 0 Å². The van der Waals surface area contributed by atoms with Crippen molar-refractivity contribution in [2.45, 2.75) is 13.3 Å². The second kappa shape index (κ2) is 9.03. The number of H-pyrrole nitrogens is 1. The Morgan fingerprint density at radius 2 is 1.97 bits per heavy atom. The zero-order chi connectivity index (χ0) is 21.7. The molecule has 2 aromatic heterocycles. The van der Waals surface area contributed by atoms with Crippen molar-refractivity contribution in [1.29, 1.82) is 0 Å². The summed E-state index contributed by atoms with van der Waals surface area (Å²) in [5.41, 5.74) is 0.441. The molecule has 10 heteroatoms. The van der Waals surface area contributed by atoms with Gasteiger partial charge in [0.05, 0.1) is 19.9 Å².